The van der Waals surface area contributed by atoms with Crippen LogP contribution in [0.2, 0.25) is 0 Å². The van der Waals surface area contributed by atoms with Crippen LogP contribution in [0.3, 0.4) is 0 Å². The SMILES string of the molecule is C[C@@H](OC(=O)Cc1ccsc1)C(=O)Nc1cccc([N+](=O)[O-])c1. The quantitative estimate of drug-likeness (QED) is 0.497. The minimum atomic E-state index is -1.000. The molecule has 8 heteroatoms. The van der Waals surface area contributed by atoms with E-state index in [0.29, 0.717) is 0 Å². The van der Waals surface area contributed by atoms with Crippen LogP contribution >= 0.6 is 11.3 Å². The molecule has 0 unspecified atom stereocenters. The van der Waals surface area contributed by atoms with Crippen LogP contribution < -0.4 is 5.32 Å². The lowest BCUT2D eigenvalue weighted by molar-refractivity contribution is -0.384. The van der Waals surface area contributed by atoms with E-state index >= 15 is 0 Å². The molecule has 0 aliphatic heterocycles. The zero-order chi connectivity index (χ0) is 16.8. The molecule has 1 aromatic carbocycles. The average molecular weight is 334 g/mol. The van der Waals surface area contributed by atoms with Crippen LogP contribution in [0.5, 0.6) is 0 Å². The van der Waals surface area contributed by atoms with Gasteiger partial charge in [-0.3, -0.25) is 19.7 Å². The van der Waals surface area contributed by atoms with Crippen LogP contribution in [-0.4, -0.2) is 22.9 Å². The Kier molecular flexibility index (Phi) is 5.42. The molecule has 2 rings (SSSR count). The van der Waals surface area contributed by atoms with E-state index in [1.54, 1.807) is 6.07 Å². The normalized spacial score (nSPS) is 11.5. The van der Waals surface area contributed by atoms with E-state index in [-0.39, 0.29) is 17.8 Å². The van der Waals surface area contributed by atoms with Crippen molar-refractivity contribution in [3.8, 4) is 0 Å². The number of nitrogens with zero attached hydrogens (tertiary/aromatic N) is 1. The molecule has 0 bridgehead atoms. The third-order valence-corrected chi connectivity index (χ3v) is 3.66. The third kappa shape index (κ3) is 4.89. The summed E-state index contributed by atoms with van der Waals surface area (Å²) in [4.78, 5) is 33.8. The minimum Gasteiger partial charge on any atom is -0.452 e. The molecule has 0 saturated heterocycles. The molecule has 0 aliphatic rings. The molecule has 2 aromatic rings. The van der Waals surface area contributed by atoms with Crippen molar-refractivity contribution in [1.29, 1.82) is 0 Å². The number of thiophene rings is 1. The number of ether oxygens (including phenoxy) is 1. The maximum Gasteiger partial charge on any atom is 0.311 e. The van der Waals surface area contributed by atoms with Gasteiger partial charge in [0, 0.05) is 17.8 Å². The summed E-state index contributed by atoms with van der Waals surface area (Å²) < 4.78 is 5.06. The standard InChI is InChI=1S/C15H14N2O5S/c1-10(22-14(18)7-11-5-6-23-9-11)15(19)16-12-3-2-4-13(8-12)17(20)21/h2-6,8-10H,7H2,1H3,(H,16,19)/t10-/m1/s1. The fraction of sp³-hybridized carbons (Fsp3) is 0.200. The van der Waals surface area contributed by atoms with Gasteiger partial charge in [-0.15, -0.1) is 0 Å². The maximum atomic E-state index is 12.0. The first-order valence-electron chi connectivity index (χ1n) is 6.71. The number of carbonyl (C=O) groups is 2. The molecule has 1 heterocycles. The topological polar surface area (TPSA) is 98.5 Å². The van der Waals surface area contributed by atoms with Crippen molar-refractivity contribution in [2.24, 2.45) is 0 Å². The summed E-state index contributed by atoms with van der Waals surface area (Å²) >= 11 is 1.47. The molecule has 7 nitrogen and oxygen atoms in total. The number of benzene rings is 1. The van der Waals surface area contributed by atoms with Crippen LogP contribution in [0.1, 0.15) is 12.5 Å². The van der Waals surface area contributed by atoms with Crippen LogP contribution in [0.4, 0.5) is 11.4 Å². The van der Waals surface area contributed by atoms with Crippen molar-refractivity contribution in [3.05, 3.63) is 56.8 Å². The lowest BCUT2D eigenvalue weighted by atomic mass is 10.2. The molecule has 1 amide bonds. The van der Waals surface area contributed by atoms with E-state index in [0.717, 1.165) is 5.56 Å². The second-order valence-electron chi connectivity index (χ2n) is 4.74. The summed E-state index contributed by atoms with van der Waals surface area (Å²) in [7, 11) is 0. The minimum absolute atomic E-state index is 0.0952. The summed E-state index contributed by atoms with van der Waals surface area (Å²) in [5, 5.41) is 16.9. The molecular formula is C15H14N2O5S. The van der Waals surface area contributed by atoms with Gasteiger partial charge in [-0.05, 0) is 35.4 Å². The van der Waals surface area contributed by atoms with Crippen molar-refractivity contribution >= 4 is 34.6 Å². The summed E-state index contributed by atoms with van der Waals surface area (Å²) in [6, 6.07) is 7.34. The van der Waals surface area contributed by atoms with Gasteiger partial charge < -0.3 is 10.1 Å². The number of nitrogens with one attached hydrogen (secondary N) is 1. The van der Waals surface area contributed by atoms with E-state index in [1.807, 2.05) is 10.8 Å². The lowest BCUT2D eigenvalue weighted by Gasteiger charge is -2.13. The van der Waals surface area contributed by atoms with Crippen molar-refractivity contribution < 1.29 is 19.2 Å². The predicted octanol–water partition coefficient (Wildman–Crippen LogP) is 2.77. The Labute approximate surface area is 136 Å². The first-order valence-corrected chi connectivity index (χ1v) is 7.66. The zero-order valence-electron chi connectivity index (χ0n) is 12.2. The van der Waals surface area contributed by atoms with Crippen LogP contribution in [0.25, 0.3) is 0 Å². The number of hydrogen-bond donors (Lipinski definition) is 1. The smallest absolute Gasteiger partial charge is 0.311 e. The highest BCUT2D eigenvalue weighted by Gasteiger charge is 2.19. The van der Waals surface area contributed by atoms with Gasteiger partial charge in [0.25, 0.3) is 11.6 Å². The van der Waals surface area contributed by atoms with Crippen LogP contribution in [0, 0.1) is 10.1 Å². The highest BCUT2D eigenvalue weighted by molar-refractivity contribution is 7.07. The molecule has 0 fully saturated rings. The molecule has 0 aliphatic carbocycles. The molecule has 0 spiro atoms. The largest absolute Gasteiger partial charge is 0.452 e. The first-order chi connectivity index (χ1) is 11.0. The van der Waals surface area contributed by atoms with Gasteiger partial charge in [-0.2, -0.15) is 11.3 Å². The number of nitro groups is 1. The molecular weight excluding hydrogens is 320 g/mol. The van der Waals surface area contributed by atoms with Gasteiger partial charge in [0.05, 0.1) is 11.3 Å². The Morgan fingerprint density at radius 2 is 2.17 bits per heavy atom. The monoisotopic (exact) mass is 334 g/mol. The Balaban J connectivity index is 1.90. The molecule has 23 heavy (non-hydrogen) atoms. The van der Waals surface area contributed by atoms with E-state index < -0.39 is 22.9 Å². The van der Waals surface area contributed by atoms with Crippen LogP contribution in [-0.2, 0) is 20.7 Å². The summed E-state index contributed by atoms with van der Waals surface area (Å²) in [5.41, 5.74) is 0.959. The van der Waals surface area contributed by atoms with Crippen molar-refractivity contribution in [3.63, 3.8) is 0 Å². The number of anilines is 1. The molecule has 0 radical (unpaired) electrons. The Morgan fingerprint density at radius 1 is 1.39 bits per heavy atom. The average Bonchev–Trinajstić information content (AvgIpc) is 3.00. The molecule has 1 aromatic heterocycles. The van der Waals surface area contributed by atoms with Crippen molar-refractivity contribution in [2.75, 3.05) is 5.32 Å². The summed E-state index contributed by atoms with van der Waals surface area (Å²) in [6.45, 7) is 1.44. The van der Waals surface area contributed by atoms with E-state index in [9.17, 15) is 19.7 Å². The number of esters is 1. The fourth-order valence-electron chi connectivity index (χ4n) is 1.79. The second kappa shape index (κ2) is 7.50. The number of nitro benzene ring substituents is 1. The van der Waals surface area contributed by atoms with Gasteiger partial charge in [-0.1, -0.05) is 6.07 Å². The number of rotatable bonds is 6. The number of hydrogen-bond acceptors (Lipinski definition) is 6. The maximum absolute atomic E-state index is 12.0. The Morgan fingerprint density at radius 3 is 2.83 bits per heavy atom. The molecule has 120 valence electrons. The number of carbonyl (C=O) groups excluding carboxylic acids is 2. The lowest BCUT2D eigenvalue weighted by Crippen LogP contribution is -2.30. The van der Waals surface area contributed by atoms with E-state index in [1.165, 1.54) is 42.5 Å². The molecule has 1 N–H and O–H groups in total. The van der Waals surface area contributed by atoms with Gasteiger partial charge in [0.1, 0.15) is 0 Å². The predicted molar refractivity (Wildman–Crippen MR) is 85.3 cm³/mol. The number of non-ortho nitro benzene ring substituents is 1. The van der Waals surface area contributed by atoms with E-state index in [2.05, 4.69) is 5.32 Å². The van der Waals surface area contributed by atoms with Gasteiger partial charge in [0.15, 0.2) is 6.10 Å². The highest BCUT2D eigenvalue weighted by Crippen LogP contribution is 2.17. The van der Waals surface area contributed by atoms with E-state index in [4.69, 9.17) is 4.74 Å². The molecule has 1 atom stereocenters. The fourth-order valence-corrected chi connectivity index (χ4v) is 2.46. The second-order valence-corrected chi connectivity index (χ2v) is 5.52. The van der Waals surface area contributed by atoms with Gasteiger partial charge in [0.2, 0.25) is 0 Å². The Hall–Kier alpha value is -2.74. The number of amides is 1. The third-order valence-electron chi connectivity index (χ3n) is 2.93. The van der Waals surface area contributed by atoms with Crippen LogP contribution in [0.15, 0.2) is 41.1 Å². The highest BCUT2D eigenvalue weighted by atomic mass is 32.1. The van der Waals surface area contributed by atoms with Crippen molar-refractivity contribution in [1.82, 2.24) is 0 Å². The Bertz CT molecular complexity index is 714. The van der Waals surface area contributed by atoms with Gasteiger partial charge >= 0.3 is 5.97 Å². The summed E-state index contributed by atoms with van der Waals surface area (Å²) in [6.07, 6.45) is -0.904. The van der Waals surface area contributed by atoms with Gasteiger partial charge in [-0.25, -0.2) is 0 Å². The zero-order valence-corrected chi connectivity index (χ0v) is 13.0. The molecule has 0 saturated carbocycles. The first kappa shape index (κ1) is 16.6. The summed E-state index contributed by atoms with van der Waals surface area (Å²) in [5.74, 6) is -1.06. The van der Waals surface area contributed by atoms with Crippen molar-refractivity contribution in [2.45, 2.75) is 19.4 Å².